The van der Waals surface area contributed by atoms with E-state index in [0.717, 1.165) is 63.7 Å². The summed E-state index contributed by atoms with van der Waals surface area (Å²) in [6, 6.07) is 10.3. The third-order valence-corrected chi connectivity index (χ3v) is 6.11. The fraction of sp³-hybridized carbons (Fsp3) is 0.560. The number of aromatic nitrogens is 1. The lowest BCUT2D eigenvalue weighted by Crippen LogP contribution is -2.36. The molecule has 0 radical (unpaired) electrons. The molecule has 4 rings (SSSR count). The van der Waals surface area contributed by atoms with E-state index in [1.165, 1.54) is 16.9 Å². The van der Waals surface area contributed by atoms with Gasteiger partial charge in [0.2, 0.25) is 5.88 Å². The van der Waals surface area contributed by atoms with Gasteiger partial charge in [0.25, 0.3) is 0 Å². The van der Waals surface area contributed by atoms with Crippen molar-refractivity contribution in [2.45, 2.75) is 40.0 Å². The van der Waals surface area contributed by atoms with Crippen LogP contribution >= 0.6 is 0 Å². The van der Waals surface area contributed by atoms with Crippen LogP contribution in [0.1, 0.15) is 39.2 Å². The second-order valence-corrected chi connectivity index (χ2v) is 9.79. The van der Waals surface area contributed by atoms with Crippen molar-refractivity contribution in [2.24, 2.45) is 11.3 Å². The molecule has 3 heterocycles. The van der Waals surface area contributed by atoms with Gasteiger partial charge in [0.1, 0.15) is 5.75 Å². The van der Waals surface area contributed by atoms with Gasteiger partial charge in [-0.3, -0.25) is 0 Å². The van der Waals surface area contributed by atoms with E-state index < -0.39 is 0 Å². The number of nitrogens with zero attached hydrogens (tertiary/aromatic N) is 3. The first-order valence-electron chi connectivity index (χ1n) is 11.2. The van der Waals surface area contributed by atoms with Gasteiger partial charge in [-0.2, -0.15) is 0 Å². The van der Waals surface area contributed by atoms with Crippen LogP contribution in [0.5, 0.6) is 11.6 Å². The lowest BCUT2D eigenvalue weighted by Gasteiger charge is -2.35. The van der Waals surface area contributed by atoms with E-state index in [1.807, 2.05) is 18.2 Å². The average molecular weight is 410 g/mol. The van der Waals surface area contributed by atoms with Crippen molar-refractivity contribution in [3.63, 3.8) is 0 Å². The van der Waals surface area contributed by atoms with E-state index in [2.05, 4.69) is 47.7 Å². The predicted molar refractivity (Wildman–Crippen MR) is 123 cm³/mol. The Labute approximate surface area is 181 Å². The highest BCUT2D eigenvalue weighted by molar-refractivity contribution is 5.73. The first-order valence-corrected chi connectivity index (χ1v) is 11.2. The number of hydrogen-bond donors (Lipinski definition) is 0. The van der Waals surface area contributed by atoms with Crippen LogP contribution in [-0.4, -0.2) is 44.9 Å². The Morgan fingerprint density at radius 3 is 2.50 bits per heavy atom. The van der Waals surface area contributed by atoms with Gasteiger partial charge in [-0.25, -0.2) is 4.98 Å². The first-order chi connectivity index (χ1) is 14.4. The Bertz CT molecular complexity index is 839. The quantitative estimate of drug-likeness (QED) is 0.685. The SMILES string of the molecule is COc1cc(N2CCC(COc3ccccn3)CC2)c2c(c1)N(CC(C)(C)C)CC2. The van der Waals surface area contributed by atoms with Crippen molar-refractivity contribution in [3.8, 4) is 11.6 Å². The minimum Gasteiger partial charge on any atom is -0.497 e. The minimum atomic E-state index is 0.275. The second-order valence-electron chi connectivity index (χ2n) is 9.79. The van der Waals surface area contributed by atoms with Crippen LogP contribution in [0.4, 0.5) is 11.4 Å². The van der Waals surface area contributed by atoms with Crippen LogP contribution < -0.4 is 19.3 Å². The molecule has 0 atom stereocenters. The molecule has 0 unspecified atom stereocenters. The van der Waals surface area contributed by atoms with E-state index in [0.29, 0.717) is 5.92 Å². The van der Waals surface area contributed by atoms with Crippen LogP contribution in [0.25, 0.3) is 0 Å². The van der Waals surface area contributed by atoms with Crippen LogP contribution in [0, 0.1) is 11.3 Å². The molecule has 5 nitrogen and oxygen atoms in total. The molecule has 0 N–H and O–H groups in total. The molecule has 1 fully saturated rings. The van der Waals surface area contributed by atoms with Crippen molar-refractivity contribution in [3.05, 3.63) is 42.1 Å². The fourth-order valence-electron chi connectivity index (χ4n) is 4.64. The molecule has 2 aliphatic heterocycles. The second kappa shape index (κ2) is 8.75. The summed E-state index contributed by atoms with van der Waals surface area (Å²) >= 11 is 0. The summed E-state index contributed by atoms with van der Waals surface area (Å²) in [5, 5.41) is 0. The molecule has 1 aromatic carbocycles. The highest BCUT2D eigenvalue weighted by Crippen LogP contribution is 2.41. The molecule has 162 valence electrons. The molecule has 2 aliphatic rings. The summed E-state index contributed by atoms with van der Waals surface area (Å²) in [5.41, 5.74) is 4.49. The zero-order chi connectivity index (χ0) is 21.1. The van der Waals surface area contributed by atoms with Gasteiger partial charge < -0.3 is 19.3 Å². The Kier molecular flexibility index (Phi) is 6.07. The highest BCUT2D eigenvalue weighted by Gasteiger charge is 2.29. The number of rotatable bonds is 6. The molecule has 0 saturated carbocycles. The van der Waals surface area contributed by atoms with Crippen molar-refractivity contribution >= 4 is 11.4 Å². The maximum atomic E-state index is 5.90. The number of anilines is 2. The van der Waals surface area contributed by atoms with Gasteiger partial charge >= 0.3 is 0 Å². The zero-order valence-corrected chi connectivity index (χ0v) is 18.9. The summed E-state index contributed by atoms with van der Waals surface area (Å²) in [4.78, 5) is 9.36. The number of benzene rings is 1. The minimum absolute atomic E-state index is 0.275. The zero-order valence-electron chi connectivity index (χ0n) is 18.9. The van der Waals surface area contributed by atoms with Crippen LogP contribution in [0.15, 0.2) is 36.5 Å². The summed E-state index contributed by atoms with van der Waals surface area (Å²) in [5.74, 6) is 2.27. The van der Waals surface area contributed by atoms with Crippen molar-refractivity contribution < 1.29 is 9.47 Å². The lowest BCUT2D eigenvalue weighted by molar-refractivity contribution is 0.216. The Hall–Kier alpha value is -2.43. The molecular formula is C25H35N3O2. The molecular weight excluding hydrogens is 374 g/mol. The van der Waals surface area contributed by atoms with E-state index in [4.69, 9.17) is 9.47 Å². The number of fused-ring (bicyclic) bond motifs is 1. The number of hydrogen-bond acceptors (Lipinski definition) is 5. The largest absolute Gasteiger partial charge is 0.497 e. The molecule has 1 saturated heterocycles. The Morgan fingerprint density at radius 1 is 1.07 bits per heavy atom. The average Bonchev–Trinajstić information content (AvgIpc) is 3.13. The normalized spacial score (nSPS) is 17.2. The summed E-state index contributed by atoms with van der Waals surface area (Å²) in [6.45, 7) is 12.0. The standard InChI is InChI=1S/C25H35N3O2/c1-25(2,3)18-28-14-10-21-22(15-20(29-4)16-23(21)28)27-12-8-19(9-13-27)17-30-24-7-5-6-11-26-24/h5-7,11,15-16,19H,8-10,12-14,17-18H2,1-4H3. The van der Waals surface area contributed by atoms with Crippen LogP contribution in [0.3, 0.4) is 0 Å². The maximum absolute atomic E-state index is 5.90. The number of methoxy groups -OCH3 is 1. The third kappa shape index (κ3) is 4.82. The van der Waals surface area contributed by atoms with Crippen molar-refractivity contribution in [2.75, 3.05) is 49.7 Å². The van der Waals surface area contributed by atoms with E-state index in [-0.39, 0.29) is 5.41 Å². The fourth-order valence-corrected chi connectivity index (χ4v) is 4.64. The molecule has 0 bridgehead atoms. The molecule has 0 spiro atoms. The molecule has 5 heteroatoms. The van der Waals surface area contributed by atoms with Crippen LogP contribution in [-0.2, 0) is 6.42 Å². The number of ether oxygens (including phenoxy) is 2. The van der Waals surface area contributed by atoms with Gasteiger partial charge in [-0.15, -0.1) is 0 Å². The Morgan fingerprint density at radius 2 is 1.83 bits per heavy atom. The van der Waals surface area contributed by atoms with Gasteiger partial charge in [-0.1, -0.05) is 26.8 Å². The van der Waals surface area contributed by atoms with E-state index >= 15 is 0 Å². The van der Waals surface area contributed by atoms with E-state index in [9.17, 15) is 0 Å². The Balaban J connectivity index is 1.43. The number of pyridine rings is 1. The topological polar surface area (TPSA) is 37.8 Å². The van der Waals surface area contributed by atoms with Crippen molar-refractivity contribution in [1.29, 1.82) is 0 Å². The van der Waals surface area contributed by atoms with Crippen LogP contribution in [0.2, 0.25) is 0 Å². The molecule has 0 aliphatic carbocycles. The highest BCUT2D eigenvalue weighted by atomic mass is 16.5. The smallest absolute Gasteiger partial charge is 0.213 e. The maximum Gasteiger partial charge on any atom is 0.213 e. The first kappa shape index (κ1) is 20.8. The van der Waals surface area contributed by atoms with Crippen molar-refractivity contribution in [1.82, 2.24) is 4.98 Å². The monoisotopic (exact) mass is 409 g/mol. The van der Waals surface area contributed by atoms with Gasteiger partial charge in [0, 0.05) is 67.5 Å². The lowest BCUT2D eigenvalue weighted by atomic mass is 9.95. The molecule has 30 heavy (non-hydrogen) atoms. The summed E-state index contributed by atoms with van der Waals surface area (Å²) < 4.78 is 11.6. The molecule has 2 aromatic rings. The van der Waals surface area contributed by atoms with E-state index in [1.54, 1.807) is 13.3 Å². The van der Waals surface area contributed by atoms with Gasteiger partial charge in [0.05, 0.1) is 13.7 Å². The number of piperidine rings is 1. The summed E-state index contributed by atoms with van der Waals surface area (Å²) in [7, 11) is 1.77. The third-order valence-electron chi connectivity index (χ3n) is 6.11. The predicted octanol–water partition coefficient (Wildman–Crippen LogP) is 4.79. The van der Waals surface area contributed by atoms with Gasteiger partial charge in [-0.05, 0) is 36.7 Å². The molecule has 0 amide bonds. The molecule has 1 aromatic heterocycles. The van der Waals surface area contributed by atoms with Gasteiger partial charge in [0.15, 0.2) is 0 Å². The summed E-state index contributed by atoms with van der Waals surface area (Å²) in [6.07, 6.45) is 5.19.